The molecule has 0 aliphatic carbocycles. The second-order valence-corrected chi connectivity index (χ2v) is 6.02. The van der Waals surface area contributed by atoms with Gasteiger partial charge in [0.15, 0.2) is 5.75 Å². The van der Waals surface area contributed by atoms with Crippen molar-refractivity contribution in [3.05, 3.63) is 70.3 Å². The van der Waals surface area contributed by atoms with Crippen molar-refractivity contribution in [1.29, 1.82) is 0 Å². The molecule has 140 valence electrons. The minimum absolute atomic E-state index is 0.0341. The highest BCUT2D eigenvalue weighted by molar-refractivity contribution is 6.08. The van der Waals surface area contributed by atoms with Gasteiger partial charge in [-0.05, 0) is 36.8 Å². The van der Waals surface area contributed by atoms with Gasteiger partial charge in [0.2, 0.25) is 0 Å². The van der Waals surface area contributed by atoms with Gasteiger partial charge in [-0.3, -0.25) is 9.59 Å². The minimum atomic E-state index is -0.626. The predicted octanol–water partition coefficient (Wildman–Crippen LogP) is 2.58. The summed E-state index contributed by atoms with van der Waals surface area (Å²) in [5.41, 5.74) is -0.100. The van der Waals surface area contributed by atoms with E-state index in [1.54, 1.807) is 31.3 Å². The maximum Gasteiger partial charge on any atom is 0.293 e. The second kappa shape index (κ2) is 7.90. The average Bonchev–Trinajstić information content (AvgIpc) is 2.67. The molecule has 0 atom stereocenters. The van der Waals surface area contributed by atoms with Crippen LogP contribution in [0, 0.1) is 5.82 Å². The van der Waals surface area contributed by atoms with Crippen LogP contribution >= 0.6 is 0 Å². The number of rotatable bonds is 6. The van der Waals surface area contributed by atoms with Gasteiger partial charge in [-0.15, -0.1) is 0 Å². The number of carbonyl (C=O) groups is 1. The summed E-state index contributed by atoms with van der Waals surface area (Å²) in [6, 6.07) is 12.6. The lowest BCUT2D eigenvalue weighted by Gasteiger charge is -2.12. The van der Waals surface area contributed by atoms with Crippen LogP contribution in [0.25, 0.3) is 10.9 Å². The van der Waals surface area contributed by atoms with E-state index in [1.807, 2.05) is 0 Å². The van der Waals surface area contributed by atoms with Crippen LogP contribution in [0.2, 0.25) is 0 Å². The maximum absolute atomic E-state index is 12.8. The van der Waals surface area contributed by atoms with E-state index < -0.39 is 17.2 Å². The van der Waals surface area contributed by atoms with Crippen molar-refractivity contribution in [1.82, 2.24) is 9.88 Å². The van der Waals surface area contributed by atoms with Gasteiger partial charge in [0.1, 0.15) is 11.6 Å². The fourth-order valence-corrected chi connectivity index (χ4v) is 2.79. The number of nitrogens with zero attached hydrogens (tertiary/aromatic N) is 1. The van der Waals surface area contributed by atoms with Crippen LogP contribution in [0.3, 0.4) is 0 Å². The zero-order valence-electron chi connectivity index (χ0n) is 14.7. The summed E-state index contributed by atoms with van der Waals surface area (Å²) in [6.45, 7) is 0.623. The molecular formula is C20H19FN2O4. The highest BCUT2D eigenvalue weighted by Gasteiger charge is 2.19. The number of hydrogen-bond acceptors (Lipinski definition) is 4. The highest BCUT2D eigenvalue weighted by Crippen LogP contribution is 2.23. The van der Waals surface area contributed by atoms with Crippen LogP contribution in [0.4, 0.5) is 4.39 Å². The number of nitrogens with one attached hydrogen (secondary N) is 1. The van der Waals surface area contributed by atoms with Crippen molar-refractivity contribution in [2.45, 2.75) is 6.42 Å². The normalized spacial score (nSPS) is 10.7. The number of para-hydroxylation sites is 1. The Balaban J connectivity index is 1.65. The molecule has 1 heterocycles. The van der Waals surface area contributed by atoms with Crippen molar-refractivity contribution >= 4 is 16.8 Å². The van der Waals surface area contributed by atoms with E-state index in [2.05, 4.69) is 5.32 Å². The van der Waals surface area contributed by atoms with Crippen LogP contribution in [0.5, 0.6) is 11.5 Å². The predicted molar refractivity (Wildman–Crippen MR) is 99.7 cm³/mol. The molecular weight excluding hydrogens is 351 g/mol. The fraction of sp³-hybridized carbons (Fsp3) is 0.200. The number of halogens is 1. The van der Waals surface area contributed by atoms with Gasteiger partial charge in [0.25, 0.3) is 11.5 Å². The summed E-state index contributed by atoms with van der Waals surface area (Å²) in [5.74, 6) is -0.895. The lowest BCUT2D eigenvalue weighted by Crippen LogP contribution is -2.28. The summed E-state index contributed by atoms with van der Waals surface area (Å²) in [7, 11) is 1.54. The number of aromatic hydroxyl groups is 1. The molecule has 3 rings (SSSR count). The number of aromatic nitrogens is 1. The SMILES string of the molecule is Cn1c(=O)c(O)c(C(=O)NCCCOc2ccc(F)cc2)c2ccccc21. The topological polar surface area (TPSA) is 80.6 Å². The summed E-state index contributed by atoms with van der Waals surface area (Å²) >= 11 is 0. The molecule has 1 aromatic heterocycles. The Bertz CT molecular complexity index is 1030. The Hall–Kier alpha value is -3.35. The first kappa shape index (κ1) is 18.4. The van der Waals surface area contributed by atoms with Gasteiger partial charge in [-0.2, -0.15) is 0 Å². The quantitative estimate of drug-likeness (QED) is 0.654. The van der Waals surface area contributed by atoms with Crippen LogP contribution in [-0.2, 0) is 7.05 Å². The number of carbonyl (C=O) groups excluding carboxylic acids is 1. The summed E-state index contributed by atoms with van der Waals surface area (Å²) < 4.78 is 19.6. The van der Waals surface area contributed by atoms with Crippen LogP contribution < -0.4 is 15.6 Å². The Morgan fingerprint density at radius 2 is 1.89 bits per heavy atom. The number of benzene rings is 2. The van der Waals surface area contributed by atoms with Crippen molar-refractivity contribution in [2.24, 2.45) is 7.05 Å². The summed E-state index contributed by atoms with van der Waals surface area (Å²) in [5, 5.41) is 13.4. The number of fused-ring (bicyclic) bond motifs is 1. The molecule has 7 heteroatoms. The smallest absolute Gasteiger partial charge is 0.293 e. The molecule has 0 fully saturated rings. The van der Waals surface area contributed by atoms with Gasteiger partial charge in [0, 0.05) is 19.0 Å². The number of ether oxygens (including phenoxy) is 1. The molecule has 0 bridgehead atoms. The Kier molecular flexibility index (Phi) is 5.40. The molecule has 0 unspecified atom stereocenters. The number of amides is 1. The molecule has 3 aromatic rings. The fourth-order valence-electron chi connectivity index (χ4n) is 2.79. The molecule has 6 nitrogen and oxygen atoms in total. The van der Waals surface area contributed by atoms with Gasteiger partial charge >= 0.3 is 0 Å². The van der Waals surface area contributed by atoms with Gasteiger partial charge in [-0.25, -0.2) is 4.39 Å². The first-order valence-corrected chi connectivity index (χ1v) is 8.46. The third kappa shape index (κ3) is 3.92. The Morgan fingerprint density at radius 1 is 1.19 bits per heavy atom. The molecule has 0 spiro atoms. The number of hydrogen-bond donors (Lipinski definition) is 2. The molecule has 0 radical (unpaired) electrons. The van der Waals surface area contributed by atoms with E-state index in [0.717, 1.165) is 0 Å². The largest absolute Gasteiger partial charge is 0.502 e. The molecule has 0 saturated carbocycles. The molecule has 27 heavy (non-hydrogen) atoms. The molecule has 0 aliphatic rings. The third-order valence-corrected chi connectivity index (χ3v) is 4.19. The standard InChI is InChI=1S/C20H19FN2O4/c1-23-16-6-3-2-5-15(16)17(18(24)20(23)26)19(25)22-11-4-12-27-14-9-7-13(21)8-10-14/h2-3,5-10,24H,4,11-12H2,1H3,(H,22,25). The van der Waals surface area contributed by atoms with Gasteiger partial charge in [0.05, 0.1) is 17.7 Å². The molecule has 2 aromatic carbocycles. The van der Waals surface area contributed by atoms with E-state index in [-0.39, 0.29) is 11.4 Å². The third-order valence-electron chi connectivity index (χ3n) is 4.19. The molecule has 0 aliphatic heterocycles. The van der Waals surface area contributed by atoms with E-state index in [4.69, 9.17) is 4.74 Å². The highest BCUT2D eigenvalue weighted by atomic mass is 19.1. The average molecular weight is 370 g/mol. The molecule has 0 saturated heterocycles. The van der Waals surface area contributed by atoms with Gasteiger partial charge < -0.3 is 19.7 Å². The number of pyridine rings is 1. The van der Waals surface area contributed by atoms with Crippen molar-refractivity contribution in [2.75, 3.05) is 13.2 Å². The van der Waals surface area contributed by atoms with Crippen LogP contribution in [0.1, 0.15) is 16.8 Å². The maximum atomic E-state index is 12.8. The lowest BCUT2D eigenvalue weighted by atomic mass is 10.1. The van der Waals surface area contributed by atoms with E-state index in [9.17, 15) is 19.1 Å². The van der Waals surface area contributed by atoms with E-state index in [1.165, 1.54) is 28.8 Å². The van der Waals surface area contributed by atoms with Crippen molar-refractivity contribution in [3.63, 3.8) is 0 Å². The monoisotopic (exact) mass is 370 g/mol. The van der Waals surface area contributed by atoms with Crippen LogP contribution in [-0.4, -0.2) is 28.7 Å². The van der Waals surface area contributed by atoms with Gasteiger partial charge in [-0.1, -0.05) is 18.2 Å². The van der Waals surface area contributed by atoms with E-state index >= 15 is 0 Å². The summed E-state index contributed by atoms with van der Waals surface area (Å²) in [4.78, 5) is 24.7. The lowest BCUT2D eigenvalue weighted by molar-refractivity contribution is 0.0950. The molecule has 2 N–H and O–H groups in total. The van der Waals surface area contributed by atoms with E-state index in [0.29, 0.717) is 36.2 Å². The van der Waals surface area contributed by atoms with Crippen molar-refractivity contribution < 1.29 is 19.0 Å². The van der Waals surface area contributed by atoms with Crippen molar-refractivity contribution in [3.8, 4) is 11.5 Å². The minimum Gasteiger partial charge on any atom is -0.502 e. The first-order valence-electron chi connectivity index (χ1n) is 8.46. The Labute approximate surface area is 154 Å². The van der Waals surface area contributed by atoms with Crippen LogP contribution in [0.15, 0.2) is 53.3 Å². The second-order valence-electron chi connectivity index (χ2n) is 6.02. The summed E-state index contributed by atoms with van der Waals surface area (Å²) in [6.07, 6.45) is 0.507. The first-order chi connectivity index (χ1) is 13.0. The number of aryl methyl sites for hydroxylation is 1. The Morgan fingerprint density at radius 3 is 2.63 bits per heavy atom. The zero-order chi connectivity index (χ0) is 19.4. The zero-order valence-corrected chi connectivity index (χ0v) is 14.7. The molecule has 1 amide bonds.